The lowest BCUT2D eigenvalue weighted by atomic mass is 9.90. The van der Waals surface area contributed by atoms with E-state index < -0.39 is 0 Å². The molecule has 1 amide bonds. The van der Waals surface area contributed by atoms with E-state index in [1.807, 2.05) is 42.1 Å². The molecule has 0 spiro atoms. The topological polar surface area (TPSA) is 56.1 Å². The van der Waals surface area contributed by atoms with E-state index >= 15 is 0 Å². The Morgan fingerprint density at radius 3 is 3.00 bits per heavy atom. The fraction of sp³-hybridized carbons (Fsp3) is 0.364. The summed E-state index contributed by atoms with van der Waals surface area (Å²) < 4.78 is 7.31. The van der Waals surface area contributed by atoms with Gasteiger partial charge in [-0.2, -0.15) is 0 Å². The van der Waals surface area contributed by atoms with Gasteiger partial charge in [-0.3, -0.25) is 4.79 Å². The molecule has 2 atom stereocenters. The molecule has 1 aliphatic rings. The SMILES string of the molecule is COc1cccc([C@@H](NC(=O)c2cc3c(s2)CC[C@H](C)C3)c2nccn2C)c1. The number of fused-ring (bicyclic) bond motifs is 1. The Balaban J connectivity index is 1.64. The third kappa shape index (κ3) is 3.69. The second kappa shape index (κ2) is 7.80. The van der Waals surface area contributed by atoms with Crippen LogP contribution in [0.5, 0.6) is 5.75 Å². The summed E-state index contributed by atoms with van der Waals surface area (Å²) in [6.45, 7) is 2.28. The molecule has 4 rings (SSSR count). The van der Waals surface area contributed by atoms with Gasteiger partial charge in [-0.05, 0) is 54.5 Å². The lowest BCUT2D eigenvalue weighted by molar-refractivity contribution is 0.0945. The van der Waals surface area contributed by atoms with E-state index in [1.54, 1.807) is 24.6 Å². The molecule has 0 saturated carbocycles. The van der Waals surface area contributed by atoms with Crippen molar-refractivity contribution < 1.29 is 9.53 Å². The number of hydrogen-bond donors (Lipinski definition) is 1. The van der Waals surface area contributed by atoms with Crippen LogP contribution >= 0.6 is 11.3 Å². The summed E-state index contributed by atoms with van der Waals surface area (Å²) in [6.07, 6.45) is 6.99. The van der Waals surface area contributed by atoms with Gasteiger partial charge in [0.25, 0.3) is 5.91 Å². The minimum absolute atomic E-state index is 0.0529. The molecule has 1 aliphatic carbocycles. The maximum Gasteiger partial charge on any atom is 0.262 e. The number of rotatable bonds is 5. The monoisotopic (exact) mass is 395 g/mol. The first-order chi connectivity index (χ1) is 13.5. The van der Waals surface area contributed by atoms with Crippen LogP contribution in [0.4, 0.5) is 0 Å². The Bertz CT molecular complexity index is 991. The number of benzene rings is 1. The Hall–Kier alpha value is -2.60. The molecule has 0 aliphatic heterocycles. The normalized spacial score (nSPS) is 17.0. The smallest absolute Gasteiger partial charge is 0.262 e. The van der Waals surface area contributed by atoms with Gasteiger partial charge in [0.15, 0.2) is 0 Å². The zero-order valence-corrected chi connectivity index (χ0v) is 17.3. The molecule has 3 aromatic rings. The average Bonchev–Trinajstić information content (AvgIpc) is 3.31. The van der Waals surface area contributed by atoms with Gasteiger partial charge in [-0.1, -0.05) is 19.1 Å². The van der Waals surface area contributed by atoms with Gasteiger partial charge in [0.05, 0.1) is 12.0 Å². The van der Waals surface area contributed by atoms with Crippen molar-refractivity contribution in [1.82, 2.24) is 14.9 Å². The van der Waals surface area contributed by atoms with Gasteiger partial charge in [0.2, 0.25) is 0 Å². The van der Waals surface area contributed by atoms with Crippen LogP contribution in [-0.4, -0.2) is 22.6 Å². The number of thiophene rings is 1. The van der Waals surface area contributed by atoms with Gasteiger partial charge in [-0.25, -0.2) is 4.98 Å². The predicted octanol–water partition coefficient (Wildman–Crippen LogP) is 4.13. The first-order valence-corrected chi connectivity index (χ1v) is 10.4. The lowest BCUT2D eigenvalue weighted by Crippen LogP contribution is -2.30. The van der Waals surface area contributed by atoms with Crippen LogP contribution in [0.1, 0.15) is 50.9 Å². The Morgan fingerprint density at radius 2 is 2.25 bits per heavy atom. The van der Waals surface area contributed by atoms with E-state index in [2.05, 4.69) is 23.3 Å². The number of nitrogens with zero attached hydrogens (tertiary/aromatic N) is 2. The molecule has 5 nitrogen and oxygen atoms in total. The number of carbonyl (C=O) groups excluding carboxylic acids is 1. The van der Waals surface area contributed by atoms with Crippen LogP contribution in [0.15, 0.2) is 42.7 Å². The molecule has 0 saturated heterocycles. The maximum atomic E-state index is 13.1. The highest BCUT2D eigenvalue weighted by atomic mass is 32.1. The van der Waals surface area contributed by atoms with E-state index in [9.17, 15) is 4.79 Å². The predicted molar refractivity (Wildman–Crippen MR) is 111 cm³/mol. The molecule has 2 heterocycles. The molecule has 2 aromatic heterocycles. The summed E-state index contributed by atoms with van der Waals surface area (Å²) in [5.74, 6) is 2.18. The number of imidazole rings is 1. The zero-order chi connectivity index (χ0) is 19.7. The van der Waals surface area contributed by atoms with Crippen molar-refractivity contribution in [3.8, 4) is 5.75 Å². The Labute approximate surface area is 169 Å². The van der Waals surface area contributed by atoms with Crippen molar-refractivity contribution >= 4 is 17.2 Å². The molecule has 0 fully saturated rings. The van der Waals surface area contributed by atoms with Crippen LogP contribution in [-0.2, 0) is 19.9 Å². The summed E-state index contributed by atoms with van der Waals surface area (Å²) in [5, 5.41) is 3.20. The Morgan fingerprint density at radius 1 is 1.39 bits per heavy atom. The molecular weight excluding hydrogens is 370 g/mol. The number of amides is 1. The molecular formula is C22H25N3O2S. The van der Waals surface area contributed by atoms with Crippen molar-refractivity contribution in [1.29, 1.82) is 0 Å². The van der Waals surface area contributed by atoms with Gasteiger partial charge in [-0.15, -0.1) is 11.3 Å². The number of aromatic nitrogens is 2. The Kier molecular flexibility index (Phi) is 5.22. The van der Waals surface area contributed by atoms with Crippen molar-refractivity contribution in [2.75, 3.05) is 7.11 Å². The minimum Gasteiger partial charge on any atom is -0.497 e. The van der Waals surface area contributed by atoms with E-state index in [-0.39, 0.29) is 11.9 Å². The summed E-state index contributed by atoms with van der Waals surface area (Å²) in [5.41, 5.74) is 2.28. The highest BCUT2D eigenvalue weighted by molar-refractivity contribution is 7.14. The zero-order valence-electron chi connectivity index (χ0n) is 16.4. The standard InChI is InChI=1S/C22H25N3O2S/c1-14-7-8-18-16(11-14)13-19(28-18)22(26)24-20(21-23-9-10-25(21)2)15-5-4-6-17(12-15)27-3/h4-6,9-10,12-14,20H,7-8,11H2,1-3H3,(H,24,26)/t14-,20+/m0/s1. The molecule has 28 heavy (non-hydrogen) atoms. The summed E-state index contributed by atoms with van der Waals surface area (Å²) >= 11 is 1.63. The van der Waals surface area contributed by atoms with E-state index in [0.29, 0.717) is 5.92 Å². The summed E-state index contributed by atoms with van der Waals surface area (Å²) in [6, 6.07) is 9.49. The van der Waals surface area contributed by atoms with E-state index in [4.69, 9.17) is 4.74 Å². The van der Waals surface area contributed by atoms with Crippen LogP contribution in [0, 0.1) is 5.92 Å². The number of hydrogen-bond acceptors (Lipinski definition) is 4. The molecule has 0 bridgehead atoms. The third-order valence-electron chi connectivity index (χ3n) is 5.37. The molecule has 1 N–H and O–H groups in total. The highest BCUT2D eigenvalue weighted by Crippen LogP contribution is 2.33. The lowest BCUT2D eigenvalue weighted by Gasteiger charge is -2.19. The number of ether oxygens (including phenoxy) is 1. The van der Waals surface area contributed by atoms with Crippen LogP contribution in [0.25, 0.3) is 0 Å². The van der Waals surface area contributed by atoms with Crippen molar-refractivity contribution in [3.63, 3.8) is 0 Å². The fourth-order valence-corrected chi connectivity index (χ4v) is 4.90. The van der Waals surface area contributed by atoms with Crippen molar-refractivity contribution in [2.45, 2.75) is 32.2 Å². The number of aryl methyl sites for hydroxylation is 2. The third-order valence-corrected chi connectivity index (χ3v) is 6.61. The van der Waals surface area contributed by atoms with Crippen molar-refractivity contribution in [3.05, 3.63) is 69.4 Å². The molecule has 0 radical (unpaired) electrons. The van der Waals surface area contributed by atoms with Crippen LogP contribution in [0.3, 0.4) is 0 Å². The van der Waals surface area contributed by atoms with E-state index in [1.165, 1.54) is 16.9 Å². The van der Waals surface area contributed by atoms with Crippen LogP contribution in [0.2, 0.25) is 0 Å². The summed E-state index contributed by atoms with van der Waals surface area (Å²) in [4.78, 5) is 19.7. The molecule has 146 valence electrons. The molecule has 1 aromatic carbocycles. The summed E-state index contributed by atoms with van der Waals surface area (Å²) in [7, 11) is 3.58. The number of nitrogens with one attached hydrogen (secondary N) is 1. The first kappa shape index (κ1) is 18.7. The highest BCUT2D eigenvalue weighted by Gasteiger charge is 2.25. The van der Waals surface area contributed by atoms with Crippen LogP contribution < -0.4 is 10.1 Å². The van der Waals surface area contributed by atoms with Gasteiger partial charge in [0.1, 0.15) is 17.6 Å². The second-order valence-electron chi connectivity index (χ2n) is 7.49. The van der Waals surface area contributed by atoms with Crippen molar-refractivity contribution in [2.24, 2.45) is 13.0 Å². The number of carbonyl (C=O) groups is 1. The molecule has 0 unspecified atom stereocenters. The maximum absolute atomic E-state index is 13.1. The van der Waals surface area contributed by atoms with Gasteiger partial charge in [0, 0.05) is 24.3 Å². The number of methoxy groups -OCH3 is 1. The minimum atomic E-state index is -0.347. The van der Waals surface area contributed by atoms with E-state index in [0.717, 1.165) is 34.9 Å². The largest absolute Gasteiger partial charge is 0.497 e. The fourth-order valence-electron chi connectivity index (χ4n) is 3.79. The quantitative estimate of drug-likeness (QED) is 0.707. The molecule has 6 heteroatoms. The van der Waals surface area contributed by atoms with Gasteiger partial charge < -0.3 is 14.6 Å². The first-order valence-electron chi connectivity index (χ1n) is 9.58. The average molecular weight is 396 g/mol. The second-order valence-corrected chi connectivity index (χ2v) is 8.62. The van der Waals surface area contributed by atoms with Gasteiger partial charge >= 0.3 is 0 Å².